The highest BCUT2D eigenvalue weighted by atomic mass is 16.5. The van der Waals surface area contributed by atoms with Crippen molar-refractivity contribution in [3.8, 4) is 11.5 Å². The number of aliphatic imine (C=N–C) groups is 2. The van der Waals surface area contributed by atoms with Crippen LogP contribution in [0.3, 0.4) is 0 Å². The van der Waals surface area contributed by atoms with Crippen LogP contribution in [0.25, 0.3) is 11.6 Å². The average Bonchev–Trinajstić information content (AvgIpc) is 3.06. The van der Waals surface area contributed by atoms with Crippen molar-refractivity contribution in [3.63, 3.8) is 0 Å². The van der Waals surface area contributed by atoms with Gasteiger partial charge in [0.05, 0.1) is 33.1 Å². The van der Waals surface area contributed by atoms with E-state index in [0.717, 1.165) is 41.7 Å². The molecule has 36 heavy (non-hydrogen) atoms. The Hall–Kier alpha value is -3.91. The number of nitrogens with zero attached hydrogens (tertiary/aromatic N) is 3. The maximum absolute atomic E-state index is 11.0. The van der Waals surface area contributed by atoms with E-state index in [9.17, 15) is 4.79 Å². The van der Waals surface area contributed by atoms with Gasteiger partial charge in [0.15, 0.2) is 0 Å². The Balaban J connectivity index is 1.79. The normalized spacial score (nSPS) is 19.6. The van der Waals surface area contributed by atoms with E-state index in [1.807, 2.05) is 42.5 Å². The van der Waals surface area contributed by atoms with Gasteiger partial charge in [-0.05, 0) is 29.2 Å². The maximum Gasteiger partial charge on any atom is 0.328 e. The Morgan fingerprint density at radius 1 is 1.14 bits per heavy atom. The monoisotopic (exact) mass is 489 g/mol. The molecule has 2 aromatic rings. The van der Waals surface area contributed by atoms with Gasteiger partial charge in [0.1, 0.15) is 23.2 Å². The number of carboxylic acid groups (broad SMARTS) is 1. The van der Waals surface area contributed by atoms with E-state index in [2.05, 4.69) is 17.9 Å². The Labute approximate surface area is 211 Å². The van der Waals surface area contributed by atoms with Gasteiger partial charge in [0.25, 0.3) is 0 Å². The number of morpholine rings is 1. The number of hydrogen-bond donors (Lipinski definition) is 1. The van der Waals surface area contributed by atoms with Crippen LogP contribution in [0.1, 0.15) is 24.5 Å². The van der Waals surface area contributed by atoms with Crippen molar-refractivity contribution in [3.05, 3.63) is 65.7 Å². The van der Waals surface area contributed by atoms with Gasteiger partial charge in [-0.3, -0.25) is 0 Å². The number of aliphatic carboxylic acids is 1. The molecule has 8 nitrogen and oxygen atoms in total. The van der Waals surface area contributed by atoms with Gasteiger partial charge in [-0.15, -0.1) is 0 Å². The third-order valence-corrected chi connectivity index (χ3v) is 5.95. The van der Waals surface area contributed by atoms with Crippen LogP contribution >= 0.6 is 0 Å². The molecule has 1 saturated heterocycles. The molecule has 1 atom stereocenters. The number of amidine groups is 2. The van der Waals surface area contributed by atoms with Gasteiger partial charge in [-0.25, -0.2) is 14.8 Å². The lowest BCUT2D eigenvalue weighted by atomic mass is 9.97. The summed E-state index contributed by atoms with van der Waals surface area (Å²) in [7, 11) is 3.23. The lowest BCUT2D eigenvalue weighted by Gasteiger charge is -2.31. The first-order valence-corrected chi connectivity index (χ1v) is 11.9. The Bertz CT molecular complexity index is 1200. The Morgan fingerprint density at radius 3 is 2.53 bits per heavy atom. The van der Waals surface area contributed by atoms with Crippen LogP contribution in [0.2, 0.25) is 0 Å². The van der Waals surface area contributed by atoms with Crippen molar-refractivity contribution in [1.29, 1.82) is 0 Å². The minimum atomic E-state index is -0.978. The van der Waals surface area contributed by atoms with Gasteiger partial charge in [-0.2, -0.15) is 0 Å². The van der Waals surface area contributed by atoms with E-state index in [-0.39, 0.29) is 5.92 Å². The molecule has 1 fully saturated rings. The molecular formula is C28H31N3O5. The van der Waals surface area contributed by atoms with Crippen LogP contribution in [0.15, 0.2) is 64.6 Å². The minimum Gasteiger partial charge on any atom is -0.497 e. The first-order chi connectivity index (χ1) is 17.4. The molecular weight excluding hydrogens is 458 g/mol. The fourth-order valence-corrected chi connectivity index (χ4v) is 4.23. The number of allylic oxidation sites excluding steroid dienone is 1. The minimum absolute atomic E-state index is 0.173. The summed E-state index contributed by atoms with van der Waals surface area (Å²) in [5.74, 6) is 2.08. The molecule has 188 valence electrons. The van der Waals surface area contributed by atoms with Crippen molar-refractivity contribution in [1.82, 2.24) is 4.90 Å². The number of hydrogen-bond acceptors (Lipinski definition) is 6. The molecule has 1 unspecified atom stereocenters. The molecule has 4 rings (SSSR count). The zero-order valence-electron chi connectivity index (χ0n) is 20.8. The molecule has 0 aliphatic carbocycles. The van der Waals surface area contributed by atoms with Gasteiger partial charge in [-0.1, -0.05) is 31.2 Å². The summed E-state index contributed by atoms with van der Waals surface area (Å²) in [5, 5.41) is 9.03. The molecule has 2 aliphatic rings. The number of benzene rings is 2. The zero-order valence-corrected chi connectivity index (χ0v) is 20.8. The average molecular weight is 490 g/mol. The Morgan fingerprint density at radius 2 is 1.86 bits per heavy atom. The summed E-state index contributed by atoms with van der Waals surface area (Å²) < 4.78 is 16.4. The van der Waals surface area contributed by atoms with Crippen molar-refractivity contribution < 1.29 is 24.1 Å². The molecule has 0 saturated carbocycles. The topological polar surface area (TPSA) is 93.0 Å². The highest BCUT2D eigenvalue weighted by molar-refractivity contribution is 6.26. The molecule has 0 bridgehead atoms. The Kier molecular flexibility index (Phi) is 8.17. The SMILES string of the molecule is COc1cc(N=C2CC(C)C=C(c3cccc(/C=C/C(=O)O)c3)C(N3CCOCC3)=N2)cc(OC)c1. The number of carboxylic acids is 1. The molecule has 0 aromatic heterocycles. The van der Waals surface area contributed by atoms with Gasteiger partial charge < -0.3 is 24.2 Å². The van der Waals surface area contributed by atoms with E-state index in [1.54, 1.807) is 20.3 Å². The van der Waals surface area contributed by atoms with Crippen LogP contribution in [-0.2, 0) is 9.53 Å². The zero-order chi connectivity index (χ0) is 25.5. The summed E-state index contributed by atoms with van der Waals surface area (Å²) in [4.78, 5) is 23.2. The molecule has 0 spiro atoms. The first kappa shape index (κ1) is 25.2. The van der Waals surface area contributed by atoms with E-state index in [0.29, 0.717) is 42.7 Å². The molecule has 2 aliphatic heterocycles. The van der Waals surface area contributed by atoms with Crippen molar-refractivity contribution in [2.24, 2.45) is 15.9 Å². The number of ether oxygens (including phenoxy) is 3. The molecule has 0 radical (unpaired) electrons. The standard InChI is InChI=1S/C28H31N3O5/c1-19-13-25(21-6-4-5-20(15-21)7-8-27(32)33)28(31-9-11-36-12-10-31)30-26(14-19)29-22-16-23(34-2)18-24(17-22)35-3/h4-8,13,15-19H,9-12,14H2,1-3H3,(H,32,33)/b8-7+,29-26?. The summed E-state index contributed by atoms with van der Waals surface area (Å²) in [6, 6.07) is 13.4. The van der Waals surface area contributed by atoms with E-state index in [4.69, 9.17) is 29.3 Å². The van der Waals surface area contributed by atoms with Crippen LogP contribution in [0.4, 0.5) is 5.69 Å². The first-order valence-electron chi connectivity index (χ1n) is 11.9. The second-order valence-electron chi connectivity index (χ2n) is 8.69. The second-order valence-corrected chi connectivity index (χ2v) is 8.69. The van der Waals surface area contributed by atoms with E-state index >= 15 is 0 Å². The largest absolute Gasteiger partial charge is 0.497 e. The van der Waals surface area contributed by atoms with E-state index < -0.39 is 5.97 Å². The van der Waals surface area contributed by atoms with Crippen LogP contribution in [-0.4, -0.2) is 68.2 Å². The number of carbonyl (C=O) groups is 1. The number of rotatable bonds is 6. The quantitative estimate of drug-likeness (QED) is 0.592. The van der Waals surface area contributed by atoms with Crippen LogP contribution < -0.4 is 9.47 Å². The fourth-order valence-electron chi connectivity index (χ4n) is 4.23. The van der Waals surface area contributed by atoms with Gasteiger partial charge >= 0.3 is 5.97 Å². The summed E-state index contributed by atoms with van der Waals surface area (Å²) in [5.41, 5.74) is 3.50. The lowest BCUT2D eigenvalue weighted by molar-refractivity contribution is -0.131. The maximum atomic E-state index is 11.0. The van der Waals surface area contributed by atoms with Crippen molar-refractivity contribution in [2.75, 3.05) is 40.5 Å². The van der Waals surface area contributed by atoms with Gasteiger partial charge in [0.2, 0.25) is 0 Å². The van der Waals surface area contributed by atoms with Gasteiger partial charge in [0, 0.05) is 49.4 Å². The molecule has 1 N–H and O–H groups in total. The van der Waals surface area contributed by atoms with Crippen LogP contribution in [0.5, 0.6) is 11.5 Å². The predicted molar refractivity (Wildman–Crippen MR) is 141 cm³/mol. The highest BCUT2D eigenvalue weighted by Gasteiger charge is 2.24. The third-order valence-electron chi connectivity index (χ3n) is 5.95. The molecule has 8 heteroatoms. The summed E-state index contributed by atoms with van der Waals surface area (Å²) >= 11 is 0. The van der Waals surface area contributed by atoms with E-state index in [1.165, 1.54) is 0 Å². The molecule has 2 aromatic carbocycles. The smallest absolute Gasteiger partial charge is 0.328 e. The fraction of sp³-hybridized carbons (Fsp3) is 0.321. The second kappa shape index (κ2) is 11.7. The van der Waals surface area contributed by atoms with Crippen LogP contribution in [0, 0.1) is 5.92 Å². The number of methoxy groups -OCH3 is 2. The molecule has 0 amide bonds. The predicted octanol–water partition coefficient (Wildman–Crippen LogP) is 4.69. The summed E-state index contributed by atoms with van der Waals surface area (Å²) in [6.45, 7) is 4.85. The third kappa shape index (κ3) is 6.40. The molecule has 2 heterocycles. The lowest BCUT2D eigenvalue weighted by Crippen LogP contribution is -2.41. The van der Waals surface area contributed by atoms with Crippen molar-refractivity contribution in [2.45, 2.75) is 13.3 Å². The summed E-state index contributed by atoms with van der Waals surface area (Å²) in [6.07, 6.45) is 5.63. The van der Waals surface area contributed by atoms with Crippen molar-refractivity contribution >= 4 is 35.0 Å². The highest BCUT2D eigenvalue weighted by Crippen LogP contribution is 2.31.